The molecule has 0 spiro atoms. The summed E-state index contributed by atoms with van der Waals surface area (Å²) in [6.07, 6.45) is 3.28. The summed E-state index contributed by atoms with van der Waals surface area (Å²) in [5.74, 6) is 1.53. The van der Waals surface area contributed by atoms with Gasteiger partial charge in [-0.1, -0.05) is 36.6 Å². The van der Waals surface area contributed by atoms with Gasteiger partial charge in [-0.25, -0.2) is 9.97 Å². The molecule has 27 heavy (non-hydrogen) atoms. The first-order chi connectivity index (χ1) is 13.0. The van der Waals surface area contributed by atoms with Gasteiger partial charge in [-0.3, -0.25) is 4.79 Å². The van der Waals surface area contributed by atoms with Gasteiger partial charge in [0.05, 0.1) is 13.7 Å². The molecule has 0 aliphatic heterocycles. The van der Waals surface area contributed by atoms with Crippen LogP contribution in [0, 0.1) is 6.92 Å². The molecular formula is C19H20BClN4O2. The Balaban J connectivity index is 1.92. The number of ether oxygens (including phenoxy) is 1. The molecule has 0 aliphatic carbocycles. The minimum absolute atomic E-state index is 0.155. The van der Waals surface area contributed by atoms with Gasteiger partial charge in [0.25, 0.3) is 5.56 Å². The number of aromatic nitrogens is 3. The third-order valence-electron chi connectivity index (χ3n) is 4.18. The van der Waals surface area contributed by atoms with E-state index in [9.17, 15) is 4.79 Å². The second-order valence-electron chi connectivity index (χ2n) is 6.19. The predicted molar refractivity (Wildman–Crippen MR) is 111 cm³/mol. The third-order valence-corrected chi connectivity index (χ3v) is 4.36. The maximum Gasteiger partial charge on any atom is 0.294 e. The first kappa shape index (κ1) is 19.0. The maximum atomic E-state index is 12.8. The number of rotatable bonds is 6. The van der Waals surface area contributed by atoms with Gasteiger partial charge in [0.2, 0.25) is 0 Å². The molecule has 1 aromatic carbocycles. The molecule has 8 heteroatoms. The van der Waals surface area contributed by atoms with E-state index >= 15 is 0 Å². The van der Waals surface area contributed by atoms with Crippen LogP contribution in [-0.4, -0.2) is 28.9 Å². The molecule has 3 rings (SSSR count). The van der Waals surface area contributed by atoms with Crippen molar-refractivity contribution < 1.29 is 4.74 Å². The topological polar surface area (TPSA) is 69.0 Å². The van der Waals surface area contributed by atoms with E-state index in [1.54, 1.807) is 13.3 Å². The van der Waals surface area contributed by atoms with Gasteiger partial charge in [-0.15, -0.1) is 0 Å². The highest BCUT2D eigenvalue weighted by Crippen LogP contribution is 2.14. The second-order valence-corrected chi connectivity index (χ2v) is 6.58. The zero-order valence-corrected chi connectivity index (χ0v) is 16.2. The van der Waals surface area contributed by atoms with Crippen molar-refractivity contribution in [3.8, 4) is 5.75 Å². The number of methoxy groups -OCH3 is 1. The van der Waals surface area contributed by atoms with Crippen molar-refractivity contribution in [3.05, 3.63) is 69.4 Å². The summed E-state index contributed by atoms with van der Waals surface area (Å²) in [7, 11) is 2.40. The molecule has 0 bridgehead atoms. The van der Waals surface area contributed by atoms with Crippen molar-refractivity contribution in [2.45, 2.75) is 20.3 Å². The highest BCUT2D eigenvalue weighted by atomic mass is 35.5. The Morgan fingerprint density at radius 2 is 2.00 bits per heavy atom. The number of pyridine rings is 1. The lowest BCUT2D eigenvalue weighted by molar-refractivity contribution is 0.414. The molecule has 0 radical (unpaired) electrons. The van der Waals surface area contributed by atoms with Crippen molar-refractivity contribution in [1.29, 1.82) is 0 Å². The average molecular weight is 383 g/mol. The summed E-state index contributed by atoms with van der Waals surface area (Å²) in [5.41, 5.74) is 2.76. The van der Waals surface area contributed by atoms with Crippen molar-refractivity contribution in [3.63, 3.8) is 0 Å². The molecule has 0 amide bonds. The van der Waals surface area contributed by atoms with Crippen LogP contribution in [0.15, 0.2) is 47.5 Å². The number of halogens is 1. The number of aryl methyl sites for hydroxylation is 1. The van der Waals surface area contributed by atoms with Gasteiger partial charge >= 0.3 is 0 Å². The summed E-state index contributed by atoms with van der Waals surface area (Å²) in [6.45, 7) is 4.39. The van der Waals surface area contributed by atoms with E-state index in [0.29, 0.717) is 12.4 Å². The SMILES string of the molecule is CBc1cc(C)cnc1Nc1nc(Cl)cn(Cc2ccc(OC)cc2)c1=O. The van der Waals surface area contributed by atoms with Crippen LogP contribution in [0.4, 0.5) is 11.6 Å². The highest BCUT2D eigenvalue weighted by molar-refractivity contribution is 6.54. The fourth-order valence-electron chi connectivity index (χ4n) is 2.76. The standard InChI is InChI=1S/C19H20BClN4O2/c1-12-8-15(20-2)17(22-9-12)24-18-19(26)25(11-16(21)23-18)10-13-4-6-14(27-3)7-5-13/h4-9,11,20H,10H2,1-3H3,(H,22,23,24). The number of anilines is 2. The zero-order chi connectivity index (χ0) is 19.4. The van der Waals surface area contributed by atoms with E-state index in [-0.39, 0.29) is 16.5 Å². The molecule has 0 aliphatic rings. The second kappa shape index (κ2) is 8.27. The Bertz CT molecular complexity index is 1010. The summed E-state index contributed by atoms with van der Waals surface area (Å²) < 4.78 is 6.69. The molecule has 2 aromatic heterocycles. The number of benzene rings is 1. The van der Waals surface area contributed by atoms with E-state index in [2.05, 4.69) is 15.3 Å². The first-order valence-electron chi connectivity index (χ1n) is 8.62. The predicted octanol–water partition coefficient (Wildman–Crippen LogP) is 2.51. The Kier molecular flexibility index (Phi) is 5.81. The summed E-state index contributed by atoms with van der Waals surface area (Å²) in [5, 5.41) is 3.28. The van der Waals surface area contributed by atoms with E-state index in [1.165, 1.54) is 10.8 Å². The Morgan fingerprint density at radius 1 is 1.26 bits per heavy atom. The summed E-state index contributed by atoms with van der Waals surface area (Å²) in [6, 6.07) is 9.56. The van der Waals surface area contributed by atoms with E-state index < -0.39 is 0 Å². The van der Waals surface area contributed by atoms with Crippen LogP contribution in [-0.2, 0) is 6.54 Å². The summed E-state index contributed by atoms with van der Waals surface area (Å²) >= 11 is 6.15. The molecule has 0 saturated carbocycles. The van der Waals surface area contributed by atoms with Crippen molar-refractivity contribution in [2.75, 3.05) is 12.4 Å². The van der Waals surface area contributed by atoms with Gasteiger partial charge < -0.3 is 14.6 Å². The van der Waals surface area contributed by atoms with Crippen molar-refractivity contribution in [1.82, 2.24) is 14.5 Å². The van der Waals surface area contributed by atoms with Gasteiger partial charge in [0, 0.05) is 12.4 Å². The highest BCUT2D eigenvalue weighted by Gasteiger charge is 2.12. The zero-order valence-electron chi connectivity index (χ0n) is 15.5. The van der Waals surface area contributed by atoms with Gasteiger partial charge in [0.15, 0.2) is 13.1 Å². The van der Waals surface area contributed by atoms with Crippen LogP contribution in [0.25, 0.3) is 0 Å². The molecular weight excluding hydrogens is 363 g/mol. The number of hydrogen-bond acceptors (Lipinski definition) is 5. The van der Waals surface area contributed by atoms with Crippen molar-refractivity contribution >= 4 is 36.0 Å². The van der Waals surface area contributed by atoms with Crippen LogP contribution in [0.3, 0.4) is 0 Å². The molecule has 0 fully saturated rings. The Morgan fingerprint density at radius 3 is 2.67 bits per heavy atom. The maximum absolute atomic E-state index is 12.8. The smallest absolute Gasteiger partial charge is 0.294 e. The normalized spacial score (nSPS) is 10.5. The van der Waals surface area contributed by atoms with E-state index in [1.807, 2.05) is 44.1 Å². The van der Waals surface area contributed by atoms with Crippen LogP contribution >= 0.6 is 11.6 Å². The largest absolute Gasteiger partial charge is 0.497 e. The Hall–Kier alpha value is -2.80. The van der Waals surface area contributed by atoms with Gasteiger partial charge in [-0.05, 0) is 35.6 Å². The summed E-state index contributed by atoms with van der Waals surface area (Å²) in [4.78, 5) is 21.4. The molecule has 0 saturated heterocycles. The lowest BCUT2D eigenvalue weighted by atomic mass is 9.73. The molecule has 2 heterocycles. The van der Waals surface area contributed by atoms with Crippen LogP contribution in [0.1, 0.15) is 11.1 Å². The van der Waals surface area contributed by atoms with Crippen LogP contribution in [0.5, 0.6) is 5.75 Å². The monoisotopic (exact) mass is 382 g/mol. The van der Waals surface area contributed by atoms with E-state index in [4.69, 9.17) is 16.3 Å². The lowest BCUT2D eigenvalue weighted by Crippen LogP contribution is -2.26. The van der Waals surface area contributed by atoms with Gasteiger partial charge in [0.1, 0.15) is 16.7 Å². The van der Waals surface area contributed by atoms with Crippen LogP contribution < -0.4 is 21.1 Å². The molecule has 0 unspecified atom stereocenters. The number of hydrogen-bond donors (Lipinski definition) is 1. The van der Waals surface area contributed by atoms with Crippen molar-refractivity contribution in [2.24, 2.45) is 0 Å². The number of nitrogens with one attached hydrogen (secondary N) is 1. The lowest BCUT2D eigenvalue weighted by Gasteiger charge is -2.12. The first-order valence-corrected chi connectivity index (χ1v) is 9.00. The quantitative estimate of drug-likeness (QED) is 0.663. The molecule has 1 N–H and O–H groups in total. The molecule has 6 nitrogen and oxygen atoms in total. The molecule has 3 aromatic rings. The average Bonchev–Trinajstić information content (AvgIpc) is 2.67. The number of nitrogens with zero attached hydrogens (tertiary/aromatic N) is 3. The minimum Gasteiger partial charge on any atom is -0.497 e. The van der Waals surface area contributed by atoms with Gasteiger partial charge in [-0.2, -0.15) is 0 Å². The van der Waals surface area contributed by atoms with E-state index in [0.717, 1.165) is 29.6 Å². The fourth-order valence-corrected chi connectivity index (χ4v) is 2.96. The Labute approximate surface area is 163 Å². The third kappa shape index (κ3) is 4.49. The molecule has 0 atom stereocenters. The van der Waals surface area contributed by atoms with Crippen LogP contribution in [0.2, 0.25) is 12.0 Å². The fraction of sp³-hybridized carbons (Fsp3) is 0.211. The molecule has 138 valence electrons. The minimum atomic E-state index is -0.264.